The molecule has 1 aromatic carbocycles. The Labute approximate surface area is 242 Å². The van der Waals surface area contributed by atoms with Gasteiger partial charge in [0.25, 0.3) is 17.4 Å². The Kier molecular flexibility index (Phi) is 9.31. The van der Waals surface area contributed by atoms with Crippen LogP contribution in [0.1, 0.15) is 37.7 Å². The molecule has 3 aliphatic rings. The van der Waals surface area contributed by atoms with Crippen LogP contribution in [0.4, 0.5) is 13.2 Å². The number of carbonyl (C=O) groups excluding carboxylic acids is 2. The molecule has 0 aromatic heterocycles. The lowest BCUT2D eigenvalue weighted by Crippen LogP contribution is -2.57. The summed E-state index contributed by atoms with van der Waals surface area (Å²) < 4.78 is 42.0. The Morgan fingerprint density at radius 3 is 2.17 bits per heavy atom. The molecule has 12 heteroatoms. The maximum absolute atomic E-state index is 14.0. The molecule has 0 bridgehead atoms. The quantitative estimate of drug-likeness (QED) is 0.371. The smallest absolute Gasteiger partial charge is 0.368 e. The number of amides is 2. The molecule has 40 heavy (non-hydrogen) atoms. The first-order valence-corrected chi connectivity index (χ1v) is 14.3. The van der Waals surface area contributed by atoms with Crippen molar-refractivity contribution >= 4 is 35.0 Å². The van der Waals surface area contributed by atoms with Gasteiger partial charge in [0.05, 0.1) is 5.57 Å². The second-order valence-electron chi connectivity index (χ2n) is 11.0. The number of alkyl halides is 4. The third-order valence-electron chi connectivity index (χ3n) is 8.11. The normalized spacial score (nSPS) is 22.6. The van der Waals surface area contributed by atoms with Gasteiger partial charge in [0, 0.05) is 50.9 Å². The van der Waals surface area contributed by atoms with Crippen LogP contribution in [0.2, 0.25) is 5.02 Å². The van der Waals surface area contributed by atoms with E-state index in [1.165, 1.54) is 17.0 Å². The van der Waals surface area contributed by atoms with Crippen molar-refractivity contribution in [2.24, 2.45) is 11.8 Å². The molecule has 0 radical (unpaired) electrons. The minimum Gasteiger partial charge on any atom is -0.368 e. The molecule has 3 aliphatic heterocycles. The van der Waals surface area contributed by atoms with Gasteiger partial charge in [-0.2, -0.15) is 13.2 Å². The maximum Gasteiger partial charge on any atom is 0.430 e. The minimum absolute atomic E-state index is 0.0106. The number of aliphatic hydroxyl groups is 1. The van der Waals surface area contributed by atoms with Crippen molar-refractivity contribution in [3.63, 3.8) is 0 Å². The number of carbonyl (C=O) groups is 2. The third kappa shape index (κ3) is 6.39. The Morgan fingerprint density at radius 2 is 1.65 bits per heavy atom. The highest BCUT2D eigenvalue weighted by Crippen LogP contribution is 2.42. The first-order chi connectivity index (χ1) is 18.8. The van der Waals surface area contributed by atoms with Gasteiger partial charge in [-0.15, -0.1) is 0 Å². The van der Waals surface area contributed by atoms with Crippen molar-refractivity contribution in [2.75, 3.05) is 40.3 Å². The van der Waals surface area contributed by atoms with Crippen molar-refractivity contribution in [3.05, 3.63) is 58.4 Å². The number of likely N-dealkylation sites (tertiary alicyclic amines) is 2. The fourth-order valence-corrected chi connectivity index (χ4v) is 6.22. The second-order valence-corrected chi connectivity index (χ2v) is 11.9. The molecule has 0 aliphatic carbocycles. The molecular weight excluding hydrogens is 568 g/mol. The average molecular weight is 604 g/mol. The number of hydrogen-bond donors (Lipinski definition) is 2. The number of hydrogen-bond acceptors (Lipinski definition) is 5. The van der Waals surface area contributed by atoms with E-state index in [4.69, 9.17) is 23.2 Å². The Balaban J connectivity index is 1.29. The van der Waals surface area contributed by atoms with Gasteiger partial charge >= 0.3 is 6.18 Å². The summed E-state index contributed by atoms with van der Waals surface area (Å²) in [6.07, 6.45) is 2.49. The second kappa shape index (κ2) is 12.2. The number of dihydropyridines is 1. The number of likely N-dealkylation sites (N-methyl/N-ethyl adjacent to an activating group) is 1. The van der Waals surface area contributed by atoms with E-state index in [1.54, 1.807) is 20.2 Å². The van der Waals surface area contributed by atoms with E-state index >= 15 is 0 Å². The van der Waals surface area contributed by atoms with Crippen LogP contribution in [0, 0.1) is 11.8 Å². The molecular formula is C28H35Cl2F3N4O3. The molecule has 0 spiro atoms. The van der Waals surface area contributed by atoms with Gasteiger partial charge in [0.1, 0.15) is 11.3 Å². The fourth-order valence-electron chi connectivity index (χ4n) is 5.75. The van der Waals surface area contributed by atoms with Gasteiger partial charge in [-0.1, -0.05) is 35.3 Å². The lowest BCUT2D eigenvalue weighted by Gasteiger charge is -2.41. The van der Waals surface area contributed by atoms with E-state index < -0.39 is 28.7 Å². The summed E-state index contributed by atoms with van der Waals surface area (Å²) >= 11 is 12.3. The lowest BCUT2D eigenvalue weighted by atomic mass is 9.82. The van der Waals surface area contributed by atoms with E-state index in [9.17, 15) is 27.9 Å². The van der Waals surface area contributed by atoms with E-state index in [1.807, 2.05) is 6.08 Å². The minimum atomic E-state index is -5.19. The van der Waals surface area contributed by atoms with Crippen LogP contribution in [-0.4, -0.2) is 83.6 Å². The Hall–Kier alpha value is -2.43. The highest BCUT2D eigenvalue weighted by Gasteiger charge is 2.62. The molecule has 1 aromatic rings. The number of piperidine rings is 2. The molecule has 7 nitrogen and oxygen atoms in total. The maximum atomic E-state index is 14.0. The molecule has 2 N–H and O–H groups in total. The SMILES string of the molecule is CN(C)C(=O)C1=CC=C(N2CCC(CC3CCN(C(=O)C(O)(c4cccc(Cl)c4)C(F)(F)F)CC3)CC2)NC1Cl. The highest BCUT2D eigenvalue weighted by atomic mass is 35.5. The van der Waals surface area contributed by atoms with Gasteiger partial charge in [-0.25, -0.2) is 0 Å². The zero-order valence-corrected chi connectivity index (χ0v) is 24.1. The van der Waals surface area contributed by atoms with Crippen LogP contribution in [0.25, 0.3) is 0 Å². The first kappa shape index (κ1) is 30.5. The summed E-state index contributed by atoms with van der Waals surface area (Å²) in [7, 11) is 3.36. The Bertz CT molecular complexity index is 1160. The summed E-state index contributed by atoms with van der Waals surface area (Å²) in [6, 6.07) is 4.73. The molecule has 2 amide bonds. The predicted molar refractivity (Wildman–Crippen MR) is 147 cm³/mol. The first-order valence-electron chi connectivity index (χ1n) is 13.4. The lowest BCUT2D eigenvalue weighted by molar-refractivity contribution is -0.262. The van der Waals surface area contributed by atoms with Gasteiger partial charge < -0.3 is 25.1 Å². The van der Waals surface area contributed by atoms with E-state index in [2.05, 4.69) is 10.2 Å². The number of nitrogens with one attached hydrogen (secondary N) is 1. The monoisotopic (exact) mass is 602 g/mol. The number of allylic oxidation sites excluding steroid dienone is 2. The van der Waals surface area contributed by atoms with Crippen molar-refractivity contribution in [1.29, 1.82) is 0 Å². The summed E-state index contributed by atoms with van der Waals surface area (Å²) in [5.41, 5.74) is -4.33. The topological polar surface area (TPSA) is 76.1 Å². The van der Waals surface area contributed by atoms with E-state index in [-0.39, 0.29) is 24.0 Å². The average Bonchev–Trinajstić information content (AvgIpc) is 2.92. The zero-order chi connectivity index (χ0) is 29.2. The van der Waals surface area contributed by atoms with Crippen molar-refractivity contribution in [1.82, 2.24) is 20.0 Å². The van der Waals surface area contributed by atoms with Crippen molar-refractivity contribution in [2.45, 2.75) is 49.4 Å². The van der Waals surface area contributed by atoms with Crippen LogP contribution in [-0.2, 0) is 15.2 Å². The summed E-state index contributed by atoms with van der Waals surface area (Å²) in [4.78, 5) is 30.1. The third-order valence-corrected chi connectivity index (χ3v) is 8.69. The standard InChI is InChI=1S/C28H35Cl2F3N4O3/c1-35(2)25(38)22-6-7-23(34-24(22)30)36-12-8-18(9-13-36)16-19-10-14-37(15-11-19)26(39)27(40,28(31,32)33)20-4-3-5-21(29)17-20/h3-7,17-19,24,34,40H,8-16H2,1-2H3. The molecule has 2 atom stereocenters. The van der Waals surface area contributed by atoms with Crippen molar-refractivity contribution < 1.29 is 27.9 Å². The number of rotatable bonds is 6. The van der Waals surface area contributed by atoms with Gasteiger partial charge in [-0.05, 0) is 68.2 Å². The largest absolute Gasteiger partial charge is 0.430 e. The van der Waals surface area contributed by atoms with Crippen LogP contribution in [0.5, 0.6) is 0 Å². The van der Waals surface area contributed by atoms with Crippen LogP contribution in [0.15, 0.2) is 47.8 Å². The molecule has 2 saturated heterocycles. The van der Waals surface area contributed by atoms with E-state index in [0.29, 0.717) is 30.3 Å². The fraction of sp³-hybridized carbons (Fsp3) is 0.571. The number of halogens is 5. The van der Waals surface area contributed by atoms with Crippen LogP contribution < -0.4 is 5.32 Å². The highest BCUT2D eigenvalue weighted by molar-refractivity contribution is 6.30. The van der Waals surface area contributed by atoms with Gasteiger partial charge in [-0.3, -0.25) is 9.59 Å². The zero-order valence-electron chi connectivity index (χ0n) is 22.6. The molecule has 0 saturated carbocycles. The predicted octanol–water partition coefficient (Wildman–Crippen LogP) is 4.45. The van der Waals surface area contributed by atoms with Gasteiger partial charge in [0.2, 0.25) is 0 Å². The number of nitrogens with zero attached hydrogens (tertiary/aromatic N) is 3. The molecule has 4 rings (SSSR count). The van der Waals surface area contributed by atoms with Crippen LogP contribution >= 0.6 is 23.2 Å². The summed E-state index contributed by atoms with van der Waals surface area (Å²) in [5.74, 6) is 0.163. The molecule has 3 heterocycles. The Morgan fingerprint density at radius 1 is 1.05 bits per heavy atom. The summed E-state index contributed by atoms with van der Waals surface area (Å²) in [6.45, 7) is 1.98. The number of benzene rings is 1. The molecule has 220 valence electrons. The van der Waals surface area contributed by atoms with Gasteiger partial charge in [0.15, 0.2) is 0 Å². The van der Waals surface area contributed by atoms with E-state index in [0.717, 1.165) is 55.2 Å². The van der Waals surface area contributed by atoms with Crippen molar-refractivity contribution in [3.8, 4) is 0 Å². The summed E-state index contributed by atoms with van der Waals surface area (Å²) in [5, 5.41) is 13.9. The molecule has 2 unspecified atom stereocenters. The molecule has 2 fully saturated rings. The van der Waals surface area contributed by atoms with Crippen LogP contribution in [0.3, 0.4) is 0 Å².